The molecule has 4 N–H and O–H groups in total. The highest BCUT2D eigenvalue weighted by Crippen LogP contribution is 2.31. The fraction of sp³-hybridized carbons (Fsp3) is 0.545. The lowest BCUT2D eigenvalue weighted by Crippen LogP contribution is -2.18. The Labute approximate surface area is 109 Å². The van der Waals surface area contributed by atoms with Crippen molar-refractivity contribution in [2.45, 2.75) is 13.1 Å². The van der Waals surface area contributed by atoms with Crippen molar-refractivity contribution in [3.63, 3.8) is 0 Å². The molecule has 0 radical (unpaired) electrons. The number of hydrogen-bond donors (Lipinski definition) is 3. The number of hydrazine groups is 1. The van der Waals surface area contributed by atoms with Gasteiger partial charge in [0.15, 0.2) is 0 Å². The van der Waals surface area contributed by atoms with Gasteiger partial charge in [0.05, 0.1) is 12.2 Å². The predicted molar refractivity (Wildman–Crippen MR) is 66.6 cm³/mol. The van der Waals surface area contributed by atoms with Gasteiger partial charge >= 0.3 is 6.18 Å². The number of alkyl halides is 3. The highest BCUT2D eigenvalue weighted by Gasteiger charge is 2.31. The third-order valence-electron chi connectivity index (χ3n) is 2.38. The van der Waals surface area contributed by atoms with Crippen LogP contribution in [0.1, 0.15) is 12.5 Å². The average molecular weight is 278 g/mol. The average Bonchev–Trinajstić information content (AvgIpc) is 2.35. The first-order chi connectivity index (χ1) is 8.86. The van der Waals surface area contributed by atoms with Gasteiger partial charge in [0.25, 0.3) is 0 Å². The summed E-state index contributed by atoms with van der Waals surface area (Å²) in [5.74, 6) is 5.33. The Morgan fingerprint density at radius 3 is 2.53 bits per heavy atom. The van der Waals surface area contributed by atoms with Gasteiger partial charge in [-0.2, -0.15) is 13.2 Å². The fourth-order valence-electron chi connectivity index (χ4n) is 1.48. The third kappa shape index (κ3) is 4.92. The molecular formula is C11H17F3N4O. The minimum atomic E-state index is -4.44. The fourth-order valence-corrected chi connectivity index (χ4v) is 1.48. The molecule has 1 unspecified atom stereocenters. The molecule has 0 aliphatic rings. The molecule has 1 aromatic rings. The number of halogens is 3. The molecule has 1 heterocycles. The molecule has 0 fully saturated rings. The Kier molecular flexibility index (Phi) is 5.37. The predicted octanol–water partition coefficient (Wildman–Crippen LogP) is 2.08. The zero-order chi connectivity index (χ0) is 14.5. The van der Waals surface area contributed by atoms with Gasteiger partial charge in [-0.15, -0.1) is 0 Å². The normalized spacial score (nSPS) is 13.2. The molecule has 108 valence electrons. The first-order valence-electron chi connectivity index (χ1n) is 5.65. The molecule has 0 saturated heterocycles. The minimum absolute atomic E-state index is 0.0447. The molecule has 8 heteroatoms. The van der Waals surface area contributed by atoms with E-state index in [-0.39, 0.29) is 17.6 Å². The molecule has 0 bridgehead atoms. The molecule has 0 aromatic carbocycles. The number of ether oxygens (including phenoxy) is 1. The number of aromatic nitrogens is 1. The van der Waals surface area contributed by atoms with E-state index in [0.717, 1.165) is 12.1 Å². The summed E-state index contributed by atoms with van der Waals surface area (Å²) in [6.07, 6.45) is -4.44. The maximum atomic E-state index is 12.7. The standard InChI is InChI=1S/C11H17F3N4O/c1-7(6-19-2)5-16-9-3-8(11(12,13)14)4-10(17-9)18-15/h3-4,7H,5-6,15H2,1-2H3,(H2,16,17,18). The van der Waals surface area contributed by atoms with Crippen LogP contribution in [0.5, 0.6) is 0 Å². The summed E-state index contributed by atoms with van der Waals surface area (Å²) in [6.45, 7) is 2.87. The van der Waals surface area contributed by atoms with Crippen molar-refractivity contribution in [3.8, 4) is 0 Å². The van der Waals surface area contributed by atoms with E-state index in [4.69, 9.17) is 10.6 Å². The lowest BCUT2D eigenvalue weighted by atomic mass is 10.2. The molecule has 0 saturated carbocycles. The van der Waals surface area contributed by atoms with Crippen LogP contribution in [0.4, 0.5) is 24.8 Å². The monoisotopic (exact) mass is 278 g/mol. The highest BCUT2D eigenvalue weighted by atomic mass is 19.4. The maximum absolute atomic E-state index is 12.7. The third-order valence-corrected chi connectivity index (χ3v) is 2.38. The van der Waals surface area contributed by atoms with E-state index in [1.165, 1.54) is 0 Å². The van der Waals surface area contributed by atoms with Crippen LogP contribution in [-0.4, -0.2) is 25.2 Å². The number of methoxy groups -OCH3 is 1. The van der Waals surface area contributed by atoms with Gasteiger partial charge in [0.1, 0.15) is 11.6 Å². The quantitative estimate of drug-likeness (QED) is 0.549. The number of nitrogen functional groups attached to an aromatic ring is 1. The van der Waals surface area contributed by atoms with E-state index >= 15 is 0 Å². The summed E-state index contributed by atoms with van der Waals surface area (Å²) in [4.78, 5) is 3.91. The Hall–Kier alpha value is -1.54. The van der Waals surface area contributed by atoms with Gasteiger partial charge in [0, 0.05) is 13.7 Å². The minimum Gasteiger partial charge on any atom is -0.384 e. The van der Waals surface area contributed by atoms with Crippen LogP contribution in [0.15, 0.2) is 12.1 Å². The Balaban J connectivity index is 2.83. The maximum Gasteiger partial charge on any atom is 0.416 e. The number of pyridine rings is 1. The van der Waals surface area contributed by atoms with Crippen LogP contribution in [0.3, 0.4) is 0 Å². The zero-order valence-corrected chi connectivity index (χ0v) is 10.7. The van der Waals surface area contributed by atoms with Crippen molar-refractivity contribution >= 4 is 11.6 Å². The lowest BCUT2D eigenvalue weighted by Gasteiger charge is -2.15. The summed E-state index contributed by atoms with van der Waals surface area (Å²) in [5, 5.41) is 2.83. The first kappa shape index (κ1) is 15.5. The summed E-state index contributed by atoms with van der Waals surface area (Å²) >= 11 is 0. The highest BCUT2D eigenvalue weighted by molar-refractivity contribution is 5.49. The van der Waals surface area contributed by atoms with Crippen LogP contribution in [0, 0.1) is 5.92 Å². The Bertz CT molecular complexity index is 411. The molecule has 1 aromatic heterocycles. The van der Waals surface area contributed by atoms with Crippen LogP contribution >= 0.6 is 0 Å². The molecule has 19 heavy (non-hydrogen) atoms. The lowest BCUT2D eigenvalue weighted by molar-refractivity contribution is -0.137. The summed E-state index contributed by atoms with van der Waals surface area (Å²) in [7, 11) is 1.56. The van der Waals surface area contributed by atoms with Gasteiger partial charge in [-0.05, 0) is 18.1 Å². The van der Waals surface area contributed by atoms with Crippen molar-refractivity contribution in [2.24, 2.45) is 11.8 Å². The summed E-state index contributed by atoms with van der Waals surface area (Å²) < 4.78 is 42.9. The second-order valence-electron chi connectivity index (χ2n) is 4.21. The van der Waals surface area contributed by atoms with Crippen LogP contribution in [-0.2, 0) is 10.9 Å². The van der Waals surface area contributed by atoms with Crippen molar-refractivity contribution < 1.29 is 17.9 Å². The molecule has 0 spiro atoms. The van der Waals surface area contributed by atoms with Gasteiger partial charge in [-0.3, -0.25) is 0 Å². The van der Waals surface area contributed by atoms with E-state index in [1.54, 1.807) is 7.11 Å². The van der Waals surface area contributed by atoms with Crippen molar-refractivity contribution in [1.29, 1.82) is 0 Å². The molecule has 0 amide bonds. The zero-order valence-electron chi connectivity index (χ0n) is 10.7. The van der Waals surface area contributed by atoms with Gasteiger partial charge in [-0.25, -0.2) is 10.8 Å². The van der Waals surface area contributed by atoms with Crippen LogP contribution in [0.2, 0.25) is 0 Å². The van der Waals surface area contributed by atoms with E-state index < -0.39 is 11.7 Å². The topological polar surface area (TPSA) is 72.2 Å². The first-order valence-corrected chi connectivity index (χ1v) is 5.65. The molecule has 5 nitrogen and oxygen atoms in total. The molecule has 1 atom stereocenters. The molecule has 0 aliphatic heterocycles. The van der Waals surface area contributed by atoms with E-state index in [9.17, 15) is 13.2 Å². The second-order valence-corrected chi connectivity index (χ2v) is 4.21. The molecular weight excluding hydrogens is 261 g/mol. The largest absolute Gasteiger partial charge is 0.416 e. The summed E-state index contributed by atoms with van der Waals surface area (Å²) in [5.41, 5.74) is 1.31. The second kappa shape index (κ2) is 6.58. The number of anilines is 2. The number of nitrogens with two attached hydrogens (primary N) is 1. The van der Waals surface area contributed by atoms with Gasteiger partial charge in [0.2, 0.25) is 0 Å². The number of rotatable bonds is 6. The van der Waals surface area contributed by atoms with Gasteiger partial charge < -0.3 is 15.5 Å². The van der Waals surface area contributed by atoms with E-state index in [0.29, 0.717) is 13.2 Å². The van der Waals surface area contributed by atoms with Crippen LogP contribution < -0.4 is 16.6 Å². The van der Waals surface area contributed by atoms with Crippen molar-refractivity contribution in [2.75, 3.05) is 31.0 Å². The van der Waals surface area contributed by atoms with E-state index in [1.807, 2.05) is 6.92 Å². The Morgan fingerprint density at radius 1 is 1.37 bits per heavy atom. The summed E-state index contributed by atoms with van der Waals surface area (Å²) in [6, 6.07) is 1.80. The number of hydrogen-bond acceptors (Lipinski definition) is 5. The van der Waals surface area contributed by atoms with Gasteiger partial charge in [-0.1, -0.05) is 6.92 Å². The van der Waals surface area contributed by atoms with Crippen LogP contribution in [0.25, 0.3) is 0 Å². The molecule has 0 aliphatic carbocycles. The Morgan fingerprint density at radius 2 is 2.00 bits per heavy atom. The SMILES string of the molecule is COCC(C)CNc1cc(C(F)(F)F)cc(NN)n1. The smallest absolute Gasteiger partial charge is 0.384 e. The van der Waals surface area contributed by atoms with E-state index in [2.05, 4.69) is 15.7 Å². The number of nitrogens with one attached hydrogen (secondary N) is 2. The molecule has 1 rings (SSSR count). The number of nitrogens with zero attached hydrogens (tertiary/aromatic N) is 1. The van der Waals surface area contributed by atoms with Crippen molar-refractivity contribution in [3.05, 3.63) is 17.7 Å². The van der Waals surface area contributed by atoms with Crippen molar-refractivity contribution in [1.82, 2.24) is 4.98 Å².